The van der Waals surface area contributed by atoms with Crippen LogP contribution in [0.4, 0.5) is 5.69 Å². The van der Waals surface area contributed by atoms with Crippen molar-refractivity contribution in [2.24, 2.45) is 0 Å². The van der Waals surface area contributed by atoms with Gasteiger partial charge in [-0.15, -0.1) is 0 Å². The summed E-state index contributed by atoms with van der Waals surface area (Å²) in [5.74, 6) is 0.835. The van der Waals surface area contributed by atoms with Crippen LogP contribution in [0, 0.1) is 0 Å². The first-order valence-corrected chi connectivity index (χ1v) is 11.0. The fourth-order valence-electron chi connectivity index (χ4n) is 4.75. The van der Waals surface area contributed by atoms with E-state index in [0.29, 0.717) is 6.04 Å². The molecule has 0 unspecified atom stereocenters. The molecule has 30 heavy (non-hydrogen) atoms. The van der Waals surface area contributed by atoms with Crippen molar-refractivity contribution >= 4 is 23.0 Å². The molecule has 1 aromatic carbocycles. The zero-order valence-electron chi connectivity index (χ0n) is 17.1. The smallest absolute Gasteiger partial charge is 0.174 e. The van der Waals surface area contributed by atoms with Gasteiger partial charge in [0.1, 0.15) is 5.75 Å². The fourth-order valence-corrected chi connectivity index (χ4v) is 5.10. The highest BCUT2D eigenvalue weighted by molar-refractivity contribution is 7.80. The van der Waals surface area contributed by atoms with E-state index in [0.717, 1.165) is 22.2 Å². The van der Waals surface area contributed by atoms with Gasteiger partial charge in [0.2, 0.25) is 0 Å². The molecule has 1 N–H and O–H groups in total. The predicted octanol–water partition coefficient (Wildman–Crippen LogP) is 5.18. The monoisotopic (exact) mass is 418 g/mol. The minimum Gasteiger partial charge on any atom is -0.497 e. The Morgan fingerprint density at radius 2 is 1.87 bits per heavy atom. The summed E-state index contributed by atoms with van der Waals surface area (Å²) in [6.45, 7) is 0. The Kier molecular flexibility index (Phi) is 5.17. The van der Waals surface area contributed by atoms with Crippen LogP contribution in [0.15, 0.2) is 67.1 Å². The summed E-state index contributed by atoms with van der Waals surface area (Å²) >= 11 is 5.80. The molecule has 2 fully saturated rings. The third-order valence-corrected chi connectivity index (χ3v) is 6.59. The first-order chi connectivity index (χ1) is 14.7. The average molecular weight is 419 g/mol. The highest BCUT2D eigenvalue weighted by atomic mass is 32.1. The predicted molar refractivity (Wildman–Crippen MR) is 123 cm³/mol. The van der Waals surface area contributed by atoms with Gasteiger partial charge >= 0.3 is 0 Å². The van der Waals surface area contributed by atoms with Crippen LogP contribution in [0.5, 0.6) is 5.75 Å². The maximum atomic E-state index is 5.80. The van der Waals surface area contributed by atoms with Crippen molar-refractivity contribution in [2.45, 2.75) is 43.8 Å². The topological polar surface area (TPSA) is 42.3 Å². The van der Waals surface area contributed by atoms with Gasteiger partial charge in [-0.25, -0.2) is 0 Å². The number of nitrogens with one attached hydrogen (secondary N) is 1. The maximum Gasteiger partial charge on any atom is 0.174 e. The lowest BCUT2D eigenvalue weighted by Crippen LogP contribution is -2.29. The molecular weight excluding hydrogens is 392 g/mol. The molecule has 5 rings (SSSR count). The minimum absolute atomic E-state index is 0.0137. The highest BCUT2D eigenvalue weighted by Crippen LogP contribution is 2.42. The molecule has 1 aliphatic heterocycles. The van der Waals surface area contributed by atoms with Gasteiger partial charge in [0, 0.05) is 30.3 Å². The normalized spacial score (nSPS) is 21.8. The molecule has 2 aliphatic rings. The van der Waals surface area contributed by atoms with Crippen molar-refractivity contribution in [3.05, 3.63) is 78.4 Å². The number of pyridine rings is 1. The van der Waals surface area contributed by atoms with E-state index in [2.05, 4.69) is 56.4 Å². The molecule has 3 heterocycles. The van der Waals surface area contributed by atoms with Crippen molar-refractivity contribution in [1.82, 2.24) is 14.9 Å². The first-order valence-electron chi connectivity index (χ1n) is 10.6. The largest absolute Gasteiger partial charge is 0.497 e. The summed E-state index contributed by atoms with van der Waals surface area (Å²) in [4.78, 5) is 6.85. The number of hydrogen-bond acceptors (Lipinski definition) is 3. The van der Waals surface area contributed by atoms with E-state index < -0.39 is 0 Å². The summed E-state index contributed by atoms with van der Waals surface area (Å²) in [5.41, 5.74) is 3.29. The summed E-state index contributed by atoms with van der Waals surface area (Å²) in [5, 5.41) is 4.25. The molecule has 2 aromatic heterocycles. The maximum absolute atomic E-state index is 5.80. The van der Waals surface area contributed by atoms with Gasteiger partial charge in [-0.3, -0.25) is 4.98 Å². The number of methoxy groups -OCH3 is 1. The Morgan fingerprint density at radius 1 is 1.07 bits per heavy atom. The molecule has 1 saturated heterocycles. The second-order valence-corrected chi connectivity index (χ2v) is 8.41. The van der Waals surface area contributed by atoms with Gasteiger partial charge in [-0.05, 0) is 73.1 Å². The zero-order valence-corrected chi connectivity index (χ0v) is 17.9. The van der Waals surface area contributed by atoms with Crippen LogP contribution < -0.4 is 15.0 Å². The highest BCUT2D eigenvalue weighted by Gasteiger charge is 2.41. The Bertz CT molecular complexity index is 1010. The summed E-state index contributed by atoms with van der Waals surface area (Å²) in [7, 11) is 1.68. The Balaban J connectivity index is 1.55. The molecule has 3 aromatic rings. The van der Waals surface area contributed by atoms with E-state index in [1.165, 1.54) is 31.2 Å². The van der Waals surface area contributed by atoms with Gasteiger partial charge in [0.15, 0.2) is 5.11 Å². The molecular formula is C24H26N4OS. The molecule has 154 valence electrons. The Morgan fingerprint density at radius 3 is 2.57 bits per heavy atom. The van der Waals surface area contributed by atoms with Gasteiger partial charge < -0.3 is 19.5 Å². The lowest BCUT2D eigenvalue weighted by atomic mass is 9.98. The second kappa shape index (κ2) is 8.11. The lowest BCUT2D eigenvalue weighted by Gasteiger charge is -2.27. The van der Waals surface area contributed by atoms with E-state index >= 15 is 0 Å². The summed E-state index contributed by atoms with van der Waals surface area (Å²) < 4.78 is 7.73. The van der Waals surface area contributed by atoms with Crippen LogP contribution >= 0.6 is 12.2 Å². The molecule has 6 heteroatoms. The van der Waals surface area contributed by atoms with Crippen LogP contribution in [0.2, 0.25) is 0 Å². The van der Waals surface area contributed by atoms with Crippen LogP contribution in [0.1, 0.15) is 55.1 Å². The number of rotatable bonds is 5. The number of ether oxygens (including phenoxy) is 1. The van der Waals surface area contributed by atoms with Crippen LogP contribution in [0.25, 0.3) is 0 Å². The van der Waals surface area contributed by atoms with Crippen LogP contribution in [-0.2, 0) is 0 Å². The van der Waals surface area contributed by atoms with Crippen LogP contribution in [-0.4, -0.2) is 21.8 Å². The first kappa shape index (κ1) is 19.1. The van der Waals surface area contributed by atoms with Crippen LogP contribution in [0.3, 0.4) is 0 Å². The number of hydrogen-bond donors (Lipinski definition) is 1. The Labute approximate surface area is 182 Å². The second-order valence-electron chi connectivity index (χ2n) is 8.02. The molecule has 5 nitrogen and oxygen atoms in total. The molecule has 0 bridgehead atoms. The average Bonchev–Trinajstić information content (AvgIpc) is 3.54. The standard InChI is InChI=1S/C24H26N4OS/c1-29-20-11-9-19(10-12-20)28-23(17-13-15-27(16-17)18-6-2-3-7-18)22(26-24(28)30)21-8-4-5-14-25-21/h4-5,8-16,18,22-23H,2-3,6-7H2,1H3,(H,26,30)/t22-,23+/m1/s1. The quantitative estimate of drug-likeness (QED) is 0.578. The van der Waals surface area contributed by atoms with Gasteiger partial charge in [-0.1, -0.05) is 18.9 Å². The summed E-state index contributed by atoms with van der Waals surface area (Å²) in [6, 6.07) is 17.0. The molecule has 1 saturated carbocycles. The van der Waals surface area contributed by atoms with E-state index in [1.54, 1.807) is 7.11 Å². The Hall–Kier alpha value is -2.86. The third kappa shape index (κ3) is 3.45. The lowest BCUT2D eigenvalue weighted by molar-refractivity contribution is 0.415. The van der Waals surface area contributed by atoms with Gasteiger partial charge in [-0.2, -0.15) is 0 Å². The minimum atomic E-state index is -0.0137. The molecule has 2 atom stereocenters. The molecule has 0 amide bonds. The fraction of sp³-hybridized carbons (Fsp3) is 0.333. The van der Waals surface area contributed by atoms with Crippen molar-refractivity contribution in [3.63, 3.8) is 0 Å². The molecule has 0 spiro atoms. The van der Waals surface area contributed by atoms with E-state index in [-0.39, 0.29) is 12.1 Å². The SMILES string of the molecule is COc1ccc(N2C(=S)N[C@H](c3ccccn3)[C@@H]2c2ccn(C3CCCC3)c2)cc1. The van der Waals surface area contributed by atoms with Crippen molar-refractivity contribution in [1.29, 1.82) is 0 Å². The number of benzene rings is 1. The summed E-state index contributed by atoms with van der Waals surface area (Å²) in [6.07, 6.45) is 11.6. The molecule has 0 radical (unpaired) electrons. The van der Waals surface area contributed by atoms with Crippen molar-refractivity contribution in [3.8, 4) is 5.75 Å². The number of nitrogens with zero attached hydrogens (tertiary/aromatic N) is 3. The number of aromatic nitrogens is 2. The third-order valence-electron chi connectivity index (χ3n) is 6.27. The zero-order chi connectivity index (χ0) is 20.5. The van der Waals surface area contributed by atoms with E-state index in [4.69, 9.17) is 17.0 Å². The molecule has 1 aliphatic carbocycles. The number of thiocarbonyl (C=S) groups is 1. The van der Waals surface area contributed by atoms with E-state index in [9.17, 15) is 0 Å². The van der Waals surface area contributed by atoms with Gasteiger partial charge in [0.25, 0.3) is 0 Å². The van der Waals surface area contributed by atoms with E-state index in [1.807, 2.05) is 30.5 Å². The van der Waals surface area contributed by atoms with Gasteiger partial charge in [0.05, 0.1) is 24.9 Å². The number of anilines is 1. The van der Waals surface area contributed by atoms with Crippen molar-refractivity contribution < 1.29 is 4.74 Å². The van der Waals surface area contributed by atoms with Crippen molar-refractivity contribution in [2.75, 3.05) is 12.0 Å².